The molecule has 2 aromatic rings. The number of carbonyl (C=O) groups is 2. The lowest BCUT2D eigenvalue weighted by atomic mass is 10.0. The van der Waals surface area contributed by atoms with E-state index in [2.05, 4.69) is 15.0 Å². The van der Waals surface area contributed by atoms with Crippen molar-refractivity contribution in [3.8, 4) is 0 Å². The monoisotopic (exact) mass is 345 g/mol. The molecule has 8 nitrogen and oxygen atoms in total. The Bertz CT molecular complexity index is 758. The van der Waals surface area contributed by atoms with E-state index in [1.54, 1.807) is 25.1 Å². The number of hydrogen-bond acceptors (Lipinski definition) is 5. The number of hydrogen-bond donors (Lipinski definition) is 1. The summed E-state index contributed by atoms with van der Waals surface area (Å²) in [4.78, 5) is 25.1. The molecule has 8 heteroatoms. The van der Waals surface area contributed by atoms with Gasteiger partial charge in [-0.25, -0.2) is 9.48 Å². The molecule has 2 rings (SSSR count). The number of aryl methyl sites for hydroxylation is 1. The van der Waals surface area contributed by atoms with Crippen molar-refractivity contribution in [1.29, 1.82) is 0 Å². The van der Waals surface area contributed by atoms with E-state index >= 15 is 0 Å². The summed E-state index contributed by atoms with van der Waals surface area (Å²) in [7, 11) is 1.77. The summed E-state index contributed by atoms with van der Waals surface area (Å²) in [5, 5.41) is 7.81. The molecule has 25 heavy (non-hydrogen) atoms. The van der Waals surface area contributed by atoms with E-state index in [1.165, 1.54) is 4.68 Å². The Morgan fingerprint density at radius 3 is 2.64 bits per heavy atom. The van der Waals surface area contributed by atoms with Crippen molar-refractivity contribution in [2.45, 2.75) is 39.5 Å². The molecule has 1 unspecified atom stereocenters. The molecule has 0 aliphatic rings. The van der Waals surface area contributed by atoms with Crippen LogP contribution in [-0.4, -0.2) is 38.9 Å². The molecular formula is C17H23N5O3. The summed E-state index contributed by atoms with van der Waals surface area (Å²) in [6.45, 7) is 5.68. The van der Waals surface area contributed by atoms with Crippen LogP contribution < -0.4 is 5.73 Å². The Morgan fingerprint density at radius 2 is 2.00 bits per heavy atom. The Kier molecular flexibility index (Phi) is 5.74. The number of carbonyl (C=O) groups excluding carboxylic acids is 2. The lowest BCUT2D eigenvalue weighted by molar-refractivity contribution is -0.135. The highest BCUT2D eigenvalue weighted by Gasteiger charge is 2.25. The standard InChI is InChI=1S/C17H23N5O3/c1-11-7-5-6-8-15(11)12(2)21(4)16(23)13(3)22-9-14(19-20-22)10-25-17(18)24/h5-9,12-13H,10H2,1-4H3,(H2,18,24)/t12-,13?/m0/s1. The Hall–Kier alpha value is -2.90. The largest absolute Gasteiger partial charge is 0.443 e. The number of nitrogens with two attached hydrogens (primary N) is 1. The van der Waals surface area contributed by atoms with Gasteiger partial charge in [-0.2, -0.15) is 0 Å². The van der Waals surface area contributed by atoms with Gasteiger partial charge in [-0.15, -0.1) is 5.10 Å². The second-order valence-corrected chi connectivity index (χ2v) is 5.96. The third kappa shape index (κ3) is 4.34. The fraction of sp³-hybridized carbons (Fsp3) is 0.412. The van der Waals surface area contributed by atoms with Crippen molar-refractivity contribution in [2.24, 2.45) is 5.73 Å². The summed E-state index contributed by atoms with van der Waals surface area (Å²) in [6, 6.07) is 7.37. The van der Waals surface area contributed by atoms with Crippen LogP contribution >= 0.6 is 0 Å². The maximum atomic E-state index is 12.8. The van der Waals surface area contributed by atoms with Crippen LogP contribution in [0.1, 0.15) is 42.8 Å². The van der Waals surface area contributed by atoms with Crippen LogP contribution in [-0.2, 0) is 16.1 Å². The van der Waals surface area contributed by atoms with E-state index in [4.69, 9.17) is 5.73 Å². The van der Waals surface area contributed by atoms with Gasteiger partial charge in [0.1, 0.15) is 18.3 Å². The molecule has 1 aromatic carbocycles. The summed E-state index contributed by atoms with van der Waals surface area (Å²) in [5.74, 6) is -0.0944. The maximum Gasteiger partial charge on any atom is 0.404 e. The quantitative estimate of drug-likeness (QED) is 0.862. The van der Waals surface area contributed by atoms with Crippen LogP contribution in [0.5, 0.6) is 0 Å². The van der Waals surface area contributed by atoms with Crippen LogP contribution in [0.25, 0.3) is 0 Å². The van der Waals surface area contributed by atoms with E-state index in [0.29, 0.717) is 5.69 Å². The normalized spacial score (nSPS) is 13.1. The molecule has 1 aromatic heterocycles. The zero-order valence-corrected chi connectivity index (χ0v) is 14.8. The van der Waals surface area contributed by atoms with Crippen molar-refractivity contribution in [3.05, 3.63) is 47.3 Å². The SMILES string of the molecule is Cc1ccccc1[C@H](C)N(C)C(=O)C(C)n1cc(COC(N)=O)nn1. The molecule has 2 atom stereocenters. The number of primary amides is 1. The highest BCUT2D eigenvalue weighted by molar-refractivity contribution is 5.80. The van der Waals surface area contributed by atoms with Crippen LogP contribution in [0, 0.1) is 6.92 Å². The second kappa shape index (κ2) is 7.78. The summed E-state index contributed by atoms with van der Waals surface area (Å²) >= 11 is 0. The van der Waals surface area contributed by atoms with E-state index in [9.17, 15) is 9.59 Å². The average Bonchev–Trinajstić information content (AvgIpc) is 3.06. The highest BCUT2D eigenvalue weighted by Crippen LogP contribution is 2.24. The summed E-state index contributed by atoms with van der Waals surface area (Å²) < 4.78 is 6.11. The van der Waals surface area contributed by atoms with Gasteiger partial charge in [0.2, 0.25) is 5.91 Å². The van der Waals surface area contributed by atoms with Crippen molar-refractivity contribution in [1.82, 2.24) is 19.9 Å². The number of rotatable bonds is 6. The van der Waals surface area contributed by atoms with Gasteiger partial charge in [-0.1, -0.05) is 29.5 Å². The minimum atomic E-state index is -0.884. The molecule has 0 saturated heterocycles. The molecule has 0 bridgehead atoms. The number of aromatic nitrogens is 3. The highest BCUT2D eigenvalue weighted by atomic mass is 16.5. The molecule has 0 aliphatic carbocycles. The zero-order valence-electron chi connectivity index (χ0n) is 14.8. The molecule has 0 saturated carbocycles. The Morgan fingerprint density at radius 1 is 1.32 bits per heavy atom. The molecule has 0 radical (unpaired) electrons. The second-order valence-electron chi connectivity index (χ2n) is 5.96. The van der Waals surface area contributed by atoms with Gasteiger partial charge in [-0.05, 0) is 31.9 Å². The smallest absolute Gasteiger partial charge is 0.404 e. The summed E-state index contributed by atoms with van der Waals surface area (Å²) in [5.41, 5.74) is 7.57. The zero-order chi connectivity index (χ0) is 18.6. The predicted molar refractivity (Wildman–Crippen MR) is 91.5 cm³/mol. The molecule has 2 N–H and O–H groups in total. The number of benzene rings is 1. The number of nitrogens with zero attached hydrogens (tertiary/aromatic N) is 4. The van der Waals surface area contributed by atoms with Crippen LogP contribution in [0.4, 0.5) is 4.79 Å². The van der Waals surface area contributed by atoms with Gasteiger partial charge in [0.25, 0.3) is 0 Å². The topological polar surface area (TPSA) is 103 Å². The van der Waals surface area contributed by atoms with Crippen molar-refractivity contribution >= 4 is 12.0 Å². The first-order valence-corrected chi connectivity index (χ1v) is 7.96. The van der Waals surface area contributed by atoms with Gasteiger partial charge >= 0.3 is 6.09 Å². The van der Waals surface area contributed by atoms with Crippen molar-refractivity contribution in [3.63, 3.8) is 0 Å². The van der Waals surface area contributed by atoms with E-state index < -0.39 is 12.1 Å². The first kappa shape index (κ1) is 18.4. The van der Waals surface area contributed by atoms with E-state index in [0.717, 1.165) is 11.1 Å². The van der Waals surface area contributed by atoms with Crippen LogP contribution in [0.3, 0.4) is 0 Å². The first-order valence-electron chi connectivity index (χ1n) is 7.96. The van der Waals surface area contributed by atoms with Crippen LogP contribution in [0.2, 0.25) is 0 Å². The molecule has 0 spiro atoms. The summed E-state index contributed by atoms with van der Waals surface area (Å²) in [6.07, 6.45) is 0.683. The molecule has 1 heterocycles. The lowest BCUT2D eigenvalue weighted by Crippen LogP contribution is -2.35. The van der Waals surface area contributed by atoms with Gasteiger partial charge in [0.15, 0.2) is 0 Å². The van der Waals surface area contributed by atoms with Gasteiger partial charge in [0.05, 0.1) is 12.2 Å². The third-order valence-electron chi connectivity index (χ3n) is 4.24. The van der Waals surface area contributed by atoms with E-state index in [-0.39, 0.29) is 18.6 Å². The molecule has 0 fully saturated rings. The van der Waals surface area contributed by atoms with Gasteiger partial charge in [-0.3, -0.25) is 4.79 Å². The van der Waals surface area contributed by atoms with E-state index in [1.807, 2.05) is 38.1 Å². The molecule has 134 valence electrons. The first-order chi connectivity index (χ1) is 11.8. The predicted octanol–water partition coefficient (Wildman–Crippen LogP) is 1.96. The van der Waals surface area contributed by atoms with Crippen molar-refractivity contribution in [2.75, 3.05) is 7.05 Å². The average molecular weight is 345 g/mol. The number of amides is 2. The molecule has 0 aliphatic heterocycles. The third-order valence-corrected chi connectivity index (χ3v) is 4.24. The minimum Gasteiger partial charge on any atom is -0.443 e. The fourth-order valence-corrected chi connectivity index (χ4v) is 2.58. The minimum absolute atomic E-state index is 0.0719. The maximum absolute atomic E-state index is 12.8. The molecular weight excluding hydrogens is 322 g/mol. The van der Waals surface area contributed by atoms with Crippen LogP contribution in [0.15, 0.2) is 30.5 Å². The van der Waals surface area contributed by atoms with Gasteiger partial charge in [0, 0.05) is 7.05 Å². The number of likely N-dealkylation sites (N-methyl/N-ethyl adjacent to an activating group) is 1. The van der Waals surface area contributed by atoms with Gasteiger partial charge < -0.3 is 15.4 Å². The fourth-order valence-electron chi connectivity index (χ4n) is 2.58. The lowest BCUT2D eigenvalue weighted by Gasteiger charge is -2.28. The Balaban J connectivity index is 2.08. The van der Waals surface area contributed by atoms with Crippen molar-refractivity contribution < 1.29 is 14.3 Å². The Labute approximate surface area is 146 Å². The molecule has 2 amide bonds. The number of ether oxygens (including phenoxy) is 1.